The van der Waals surface area contributed by atoms with Crippen molar-refractivity contribution in [1.29, 1.82) is 0 Å². The van der Waals surface area contributed by atoms with E-state index in [1.54, 1.807) is 0 Å². The zero-order valence-corrected chi connectivity index (χ0v) is 22.5. The molecule has 0 amide bonds. The number of nitrogens with zero attached hydrogens (tertiary/aromatic N) is 1. The Labute approximate surface area is 214 Å². The number of esters is 1. The van der Waals surface area contributed by atoms with E-state index in [-0.39, 0.29) is 12.8 Å². The van der Waals surface area contributed by atoms with Crippen LogP contribution in [-0.2, 0) is 22.5 Å². The predicted molar refractivity (Wildman–Crippen MR) is 145 cm³/mol. The maximum absolute atomic E-state index is 12.3. The number of hydrogen-bond acceptors (Lipinski definition) is 3. The Kier molecular flexibility index (Phi) is 14.2. The standard InChI is InChI=1S/C31H48NO3/c1-4-5-6-7-8-9-10-11-12-16-21-29-22-17-18-23-30(29)34-27-35-31(33)24-25-32(2,3)26-28-19-14-13-15-20-28/h13-15,17-20,22-23H,4-12,16,21,24-27H2,1-3H3/q+1. The first kappa shape index (κ1) is 28.9. The number of aryl methyl sites for hydroxylation is 1. The minimum atomic E-state index is -0.212. The highest BCUT2D eigenvalue weighted by atomic mass is 16.7. The van der Waals surface area contributed by atoms with E-state index in [0.717, 1.165) is 29.7 Å². The zero-order valence-electron chi connectivity index (χ0n) is 22.5. The second-order valence-electron chi connectivity index (χ2n) is 10.4. The molecular formula is C31H48NO3+. The largest absolute Gasteiger partial charge is 0.457 e. The summed E-state index contributed by atoms with van der Waals surface area (Å²) in [5.74, 6) is 0.618. The Morgan fingerprint density at radius 1 is 0.771 bits per heavy atom. The van der Waals surface area contributed by atoms with Crippen molar-refractivity contribution >= 4 is 5.97 Å². The number of quaternary nitrogens is 1. The van der Waals surface area contributed by atoms with Gasteiger partial charge in [0.15, 0.2) is 0 Å². The number of rotatable bonds is 19. The summed E-state index contributed by atoms with van der Waals surface area (Å²) in [6.45, 7) is 3.85. The molecule has 4 heteroatoms. The van der Waals surface area contributed by atoms with Crippen molar-refractivity contribution < 1.29 is 18.8 Å². The number of hydrogen-bond donors (Lipinski definition) is 0. The number of carbonyl (C=O) groups is 1. The molecule has 0 bridgehead atoms. The molecule has 194 valence electrons. The van der Waals surface area contributed by atoms with Crippen molar-refractivity contribution in [2.75, 3.05) is 27.4 Å². The molecule has 0 fully saturated rings. The van der Waals surface area contributed by atoms with E-state index >= 15 is 0 Å². The van der Waals surface area contributed by atoms with Gasteiger partial charge in [0.25, 0.3) is 0 Å². The van der Waals surface area contributed by atoms with Crippen molar-refractivity contribution in [2.24, 2.45) is 0 Å². The summed E-state index contributed by atoms with van der Waals surface area (Å²) in [6.07, 6.45) is 14.7. The summed E-state index contributed by atoms with van der Waals surface area (Å²) in [5, 5.41) is 0. The minimum Gasteiger partial charge on any atom is -0.457 e. The molecular weight excluding hydrogens is 434 g/mol. The van der Waals surface area contributed by atoms with Crippen LogP contribution in [-0.4, -0.2) is 37.9 Å². The van der Waals surface area contributed by atoms with Crippen molar-refractivity contribution in [3.05, 3.63) is 65.7 Å². The van der Waals surface area contributed by atoms with Crippen LogP contribution in [0.25, 0.3) is 0 Å². The molecule has 2 aromatic carbocycles. The first-order valence-corrected chi connectivity index (χ1v) is 13.7. The van der Waals surface area contributed by atoms with Gasteiger partial charge in [-0.15, -0.1) is 0 Å². The lowest BCUT2D eigenvalue weighted by atomic mass is 10.0. The number of benzene rings is 2. The summed E-state index contributed by atoms with van der Waals surface area (Å²) in [4.78, 5) is 12.3. The molecule has 35 heavy (non-hydrogen) atoms. The molecule has 0 aliphatic rings. The highest BCUT2D eigenvalue weighted by molar-refractivity contribution is 5.69. The highest BCUT2D eigenvalue weighted by Crippen LogP contribution is 2.21. The van der Waals surface area contributed by atoms with Crippen molar-refractivity contribution in [3.8, 4) is 5.75 Å². The molecule has 0 heterocycles. The smallest absolute Gasteiger partial charge is 0.314 e. The maximum atomic E-state index is 12.3. The fourth-order valence-corrected chi connectivity index (χ4v) is 4.44. The Hall–Kier alpha value is -2.33. The molecule has 0 atom stereocenters. The first-order chi connectivity index (χ1) is 17.0. The van der Waals surface area contributed by atoms with E-state index in [1.807, 2.05) is 18.2 Å². The SMILES string of the molecule is CCCCCCCCCCCCc1ccccc1OCOC(=O)CC[N+](C)(C)Cc1ccccc1. The predicted octanol–water partition coefficient (Wildman–Crippen LogP) is 7.70. The molecule has 2 aromatic rings. The highest BCUT2D eigenvalue weighted by Gasteiger charge is 2.18. The van der Waals surface area contributed by atoms with Gasteiger partial charge in [0.1, 0.15) is 12.3 Å². The van der Waals surface area contributed by atoms with Crippen LogP contribution in [0.3, 0.4) is 0 Å². The quantitative estimate of drug-likeness (QED) is 0.0891. The third kappa shape index (κ3) is 13.4. The van der Waals surface area contributed by atoms with Crippen molar-refractivity contribution in [3.63, 3.8) is 0 Å². The number of ether oxygens (including phenoxy) is 2. The van der Waals surface area contributed by atoms with Gasteiger partial charge in [-0.2, -0.15) is 0 Å². The third-order valence-electron chi connectivity index (χ3n) is 6.58. The minimum absolute atomic E-state index is 0.0278. The fourth-order valence-electron chi connectivity index (χ4n) is 4.44. The van der Waals surface area contributed by atoms with Crippen molar-refractivity contribution in [1.82, 2.24) is 0 Å². The lowest BCUT2D eigenvalue weighted by Gasteiger charge is -2.29. The normalized spacial score (nSPS) is 11.4. The van der Waals surface area contributed by atoms with E-state index in [4.69, 9.17) is 9.47 Å². The first-order valence-electron chi connectivity index (χ1n) is 13.7. The molecule has 0 spiro atoms. The maximum Gasteiger partial charge on any atom is 0.314 e. The van der Waals surface area contributed by atoms with Gasteiger partial charge < -0.3 is 14.0 Å². The van der Waals surface area contributed by atoms with Crippen LogP contribution in [0.5, 0.6) is 5.75 Å². The topological polar surface area (TPSA) is 35.5 Å². The molecule has 0 aliphatic carbocycles. The van der Waals surface area contributed by atoms with E-state index in [9.17, 15) is 4.79 Å². The number of carbonyl (C=O) groups excluding carboxylic acids is 1. The molecule has 0 radical (unpaired) electrons. The van der Waals surface area contributed by atoms with Crippen LogP contribution in [0.15, 0.2) is 54.6 Å². The van der Waals surface area contributed by atoms with Crippen LogP contribution in [0.1, 0.15) is 88.7 Å². The lowest BCUT2D eigenvalue weighted by Crippen LogP contribution is -2.40. The molecule has 0 saturated heterocycles. The van der Waals surface area contributed by atoms with Gasteiger partial charge in [0.05, 0.1) is 27.1 Å². The molecule has 4 nitrogen and oxygen atoms in total. The van der Waals surface area contributed by atoms with Crippen LogP contribution in [0.4, 0.5) is 0 Å². The molecule has 0 aliphatic heterocycles. The van der Waals surface area contributed by atoms with E-state index < -0.39 is 0 Å². The summed E-state index contributed by atoms with van der Waals surface area (Å²) in [5.41, 5.74) is 2.47. The van der Waals surface area contributed by atoms with Gasteiger partial charge in [-0.25, -0.2) is 0 Å². The van der Waals surface area contributed by atoms with Gasteiger partial charge >= 0.3 is 5.97 Å². The molecule has 2 rings (SSSR count). The number of unbranched alkanes of at least 4 members (excludes halogenated alkanes) is 9. The average Bonchev–Trinajstić information content (AvgIpc) is 2.85. The second kappa shape index (κ2) is 17.2. The lowest BCUT2D eigenvalue weighted by molar-refractivity contribution is -0.903. The van der Waals surface area contributed by atoms with Gasteiger partial charge in [-0.3, -0.25) is 4.79 Å². The Bertz CT molecular complexity index is 819. The summed E-state index contributed by atoms with van der Waals surface area (Å²) in [7, 11) is 4.28. The van der Waals surface area contributed by atoms with Gasteiger partial charge in [0, 0.05) is 5.56 Å². The van der Waals surface area contributed by atoms with Crippen LogP contribution >= 0.6 is 0 Å². The Morgan fingerprint density at radius 2 is 1.37 bits per heavy atom. The Balaban J connectivity index is 1.60. The Morgan fingerprint density at radius 3 is 2.06 bits per heavy atom. The van der Waals surface area contributed by atoms with Crippen molar-refractivity contribution in [2.45, 2.75) is 90.5 Å². The van der Waals surface area contributed by atoms with Crippen LogP contribution in [0, 0.1) is 0 Å². The van der Waals surface area contributed by atoms with Gasteiger partial charge in [0.2, 0.25) is 6.79 Å². The zero-order chi connectivity index (χ0) is 25.2. The second-order valence-corrected chi connectivity index (χ2v) is 10.4. The molecule has 0 aromatic heterocycles. The fraction of sp³-hybridized carbons (Fsp3) is 0.581. The van der Waals surface area contributed by atoms with E-state index in [0.29, 0.717) is 6.42 Å². The van der Waals surface area contributed by atoms with Crippen LogP contribution < -0.4 is 4.74 Å². The summed E-state index contributed by atoms with van der Waals surface area (Å²) >= 11 is 0. The van der Waals surface area contributed by atoms with E-state index in [2.05, 4.69) is 57.4 Å². The van der Waals surface area contributed by atoms with E-state index in [1.165, 1.54) is 75.3 Å². The third-order valence-corrected chi connectivity index (χ3v) is 6.58. The molecule has 0 unspecified atom stereocenters. The average molecular weight is 483 g/mol. The number of para-hydroxylation sites is 1. The molecule has 0 saturated carbocycles. The monoisotopic (exact) mass is 482 g/mol. The van der Waals surface area contributed by atoms with Gasteiger partial charge in [-0.1, -0.05) is 113 Å². The summed E-state index contributed by atoms with van der Waals surface area (Å²) < 4.78 is 11.9. The summed E-state index contributed by atoms with van der Waals surface area (Å²) in [6, 6.07) is 18.5. The van der Waals surface area contributed by atoms with Crippen LogP contribution in [0.2, 0.25) is 0 Å². The van der Waals surface area contributed by atoms with Gasteiger partial charge in [-0.05, 0) is 24.5 Å². The molecule has 0 N–H and O–H groups in total.